The molecule has 0 radical (unpaired) electrons. The van der Waals surface area contributed by atoms with Crippen molar-refractivity contribution < 1.29 is 27.4 Å². The fourth-order valence-electron chi connectivity index (χ4n) is 6.24. The number of alkyl halides is 3. The molecule has 1 saturated heterocycles. The zero-order valence-electron chi connectivity index (χ0n) is 22.0. The molecule has 2 aliphatic heterocycles. The number of piperidine rings is 1. The molecule has 1 unspecified atom stereocenters. The van der Waals surface area contributed by atoms with Crippen LogP contribution < -0.4 is 4.74 Å². The zero-order chi connectivity index (χ0) is 27.2. The van der Waals surface area contributed by atoms with Crippen LogP contribution in [0.25, 0.3) is 0 Å². The van der Waals surface area contributed by atoms with Gasteiger partial charge in [0.2, 0.25) is 0 Å². The van der Waals surface area contributed by atoms with Gasteiger partial charge in [0.1, 0.15) is 17.0 Å². The van der Waals surface area contributed by atoms with Gasteiger partial charge in [-0.1, -0.05) is 30.7 Å². The number of pyridine rings is 1. The van der Waals surface area contributed by atoms with E-state index in [4.69, 9.17) is 21.1 Å². The second-order valence-electron chi connectivity index (χ2n) is 11.1. The SMILES string of the molecule is COC(=O)[C@@H](C)[C@H](c1ccc2c(c1)OC1(CC2)CCN(C(C)c2nc(C(F)(F)F)ccc2Cl)CC1)C1CC1. The van der Waals surface area contributed by atoms with Gasteiger partial charge in [0, 0.05) is 13.1 Å². The van der Waals surface area contributed by atoms with Gasteiger partial charge < -0.3 is 9.47 Å². The normalized spacial score (nSPS) is 21.8. The predicted molar refractivity (Wildman–Crippen MR) is 138 cm³/mol. The Morgan fingerprint density at radius 1 is 1.16 bits per heavy atom. The van der Waals surface area contributed by atoms with Gasteiger partial charge in [0.15, 0.2) is 0 Å². The molecule has 206 valence electrons. The molecule has 3 heterocycles. The van der Waals surface area contributed by atoms with Crippen molar-refractivity contribution in [2.45, 2.75) is 76.1 Å². The van der Waals surface area contributed by atoms with E-state index in [0.29, 0.717) is 19.0 Å². The Labute approximate surface area is 226 Å². The van der Waals surface area contributed by atoms with Crippen molar-refractivity contribution in [3.05, 3.63) is 57.9 Å². The molecular formula is C29H34ClF3N2O3. The number of esters is 1. The highest BCUT2D eigenvalue weighted by Gasteiger charge is 2.43. The first kappa shape index (κ1) is 27.3. The first-order chi connectivity index (χ1) is 18.0. The van der Waals surface area contributed by atoms with Crippen molar-refractivity contribution in [3.63, 3.8) is 0 Å². The van der Waals surface area contributed by atoms with Gasteiger partial charge in [-0.15, -0.1) is 0 Å². The van der Waals surface area contributed by atoms with Crippen molar-refractivity contribution in [3.8, 4) is 5.75 Å². The summed E-state index contributed by atoms with van der Waals surface area (Å²) in [5, 5.41) is 0.243. The quantitative estimate of drug-likeness (QED) is 0.363. The Morgan fingerprint density at radius 3 is 2.50 bits per heavy atom. The van der Waals surface area contributed by atoms with Crippen LogP contribution in [0.4, 0.5) is 13.2 Å². The van der Waals surface area contributed by atoms with Gasteiger partial charge in [0.05, 0.1) is 29.8 Å². The van der Waals surface area contributed by atoms with Gasteiger partial charge in [0.25, 0.3) is 0 Å². The molecule has 38 heavy (non-hydrogen) atoms. The fraction of sp³-hybridized carbons (Fsp3) is 0.586. The van der Waals surface area contributed by atoms with E-state index >= 15 is 0 Å². The van der Waals surface area contributed by atoms with Gasteiger partial charge in [-0.25, -0.2) is 4.98 Å². The number of fused-ring (bicyclic) bond motifs is 1. The van der Waals surface area contributed by atoms with Crippen LogP contribution in [0.5, 0.6) is 5.75 Å². The third-order valence-electron chi connectivity index (χ3n) is 8.71. The second-order valence-corrected chi connectivity index (χ2v) is 11.5. The van der Waals surface area contributed by atoms with E-state index in [1.54, 1.807) is 0 Å². The molecule has 1 saturated carbocycles. The molecule has 9 heteroatoms. The van der Waals surface area contributed by atoms with Crippen LogP contribution in [-0.2, 0) is 22.1 Å². The summed E-state index contributed by atoms with van der Waals surface area (Å²) < 4.78 is 51.5. The molecule has 1 aromatic heterocycles. The van der Waals surface area contributed by atoms with E-state index in [2.05, 4.69) is 28.1 Å². The van der Waals surface area contributed by atoms with Crippen LogP contribution in [0.1, 0.15) is 80.4 Å². The number of hydrogen-bond donors (Lipinski definition) is 0. The number of halogens is 4. The van der Waals surface area contributed by atoms with Gasteiger partial charge in [-0.05, 0) is 86.6 Å². The Bertz CT molecular complexity index is 1190. The number of carbonyl (C=O) groups excluding carboxylic acids is 1. The van der Waals surface area contributed by atoms with Gasteiger partial charge >= 0.3 is 12.1 Å². The molecule has 2 fully saturated rings. The van der Waals surface area contributed by atoms with Crippen molar-refractivity contribution in [1.29, 1.82) is 0 Å². The number of aryl methyl sites for hydroxylation is 1. The molecule has 1 aliphatic carbocycles. The number of rotatable bonds is 6. The Hall–Kier alpha value is -2.32. The second kappa shape index (κ2) is 10.3. The molecule has 0 N–H and O–H groups in total. The molecule has 3 atom stereocenters. The summed E-state index contributed by atoms with van der Waals surface area (Å²) in [6, 6.07) is 8.26. The third-order valence-corrected chi connectivity index (χ3v) is 9.03. The Morgan fingerprint density at radius 2 is 1.87 bits per heavy atom. The highest BCUT2D eigenvalue weighted by molar-refractivity contribution is 6.31. The zero-order valence-corrected chi connectivity index (χ0v) is 22.7. The maximum absolute atomic E-state index is 13.2. The largest absolute Gasteiger partial charge is 0.487 e. The first-order valence-corrected chi connectivity index (χ1v) is 13.8. The lowest BCUT2D eigenvalue weighted by molar-refractivity contribution is -0.146. The van der Waals surface area contributed by atoms with Crippen molar-refractivity contribution >= 4 is 17.6 Å². The molecule has 2 aromatic rings. The summed E-state index contributed by atoms with van der Waals surface area (Å²) in [4.78, 5) is 18.3. The maximum atomic E-state index is 13.2. The highest BCUT2D eigenvalue weighted by Crippen LogP contribution is 2.49. The molecule has 5 rings (SSSR count). The summed E-state index contributed by atoms with van der Waals surface area (Å²) in [6.07, 6.45) is 1.06. The Kier molecular flexibility index (Phi) is 7.42. The minimum absolute atomic E-state index is 0.113. The number of likely N-dealkylation sites (tertiary alicyclic amines) is 1. The number of carbonyl (C=O) groups is 1. The lowest BCUT2D eigenvalue weighted by Gasteiger charge is -2.46. The lowest BCUT2D eigenvalue weighted by atomic mass is 9.80. The predicted octanol–water partition coefficient (Wildman–Crippen LogP) is 6.98. The van der Waals surface area contributed by atoms with E-state index in [1.807, 2.05) is 13.8 Å². The fourth-order valence-corrected chi connectivity index (χ4v) is 6.50. The van der Waals surface area contributed by atoms with E-state index in [9.17, 15) is 18.0 Å². The maximum Gasteiger partial charge on any atom is 0.433 e. The number of methoxy groups -OCH3 is 1. The van der Waals surface area contributed by atoms with Crippen LogP contribution in [0, 0.1) is 11.8 Å². The number of nitrogens with zero attached hydrogens (tertiary/aromatic N) is 2. The highest BCUT2D eigenvalue weighted by atomic mass is 35.5. The average molecular weight is 551 g/mol. The van der Waals surface area contributed by atoms with Crippen molar-refractivity contribution in [2.75, 3.05) is 20.2 Å². The number of hydrogen-bond acceptors (Lipinski definition) is 5. The van der Waals surface area contributed by atoms with Crippen LogP contribution in [0.2, 0.25) is 5.02 Å². The molecule has 5 nitrogen and oxygen atoms in total. The van der Waals surface area contributed by atoms with Gasteiger partial charge in [-0.2, -0.15) is 13.2 Å². The molecule has 3 aliphatic rings. The summed E-state index contributed by atoms with van der Waals surface area (Å²) >= 11 is 6.27. The number of aromatic nitrogens is 1. The van der Waals surface area contributed by atoms with E-state index in [1.165, 1.54) is 18.7 Å². The summed E-state index contributed by atoms with van der Waals surface area (Å²) in [5.74, 6) is 1.08. The standard InChI is InChI=1S/C29H34ClF3N2O3/c1-17(27(36)37-3)25(20-5-6-20)21-7-4-19-10-11-28(38-23(19)16-21)12-14-35(15-13-28)18(2)26-22(30)8-9-24(34-26)29(31,32)33/h4,7-9,16-18,20,25H,5-6,10-15H2,1-3H3/t17-,18?,25-/m0/s1. The first-order valence-electron chi connectivity index (χ1n) is 13.4. The third kappa shape index (κ3) is 5.39. The summed E-state index contributed by atoms with van der Waals surface area (Å²) in [5.41, 5.74) is 1.32. The van der Waals surface area contributed by atoms with Crippen LogP contribution in [0.3, 0.4) is 0 Å². The topological polar surface area (TPSA) is 51.7 Å². The van der Waals surface area contributed by atoms with E-state index in [-0.39, 0.29) is 40.2 Å². The summed E-state index contributed by atoms with van der Waals surface area (Å²) in [6.45, 7) is 5.15. The molecule has 0 amide bonds. The summed E-state index contributed by atoms with van der Waals surface area (Å²) in [7, 11) is 1.44. The molecule has 0 bridgehead atoms. The average Bonchev–Trinajstić information content (AvgIpc) is 3.73. The lowest BCUT2D eigenvalue weighted by Crippen LogP contribution is -2.50. The van der Waals surface area contributed by atoms with E-state index < -0.39 is 11.9 Å². The Balaban J connectivity index is 1.30. The number of benzene rings is 1. The van der Waals surface area contributed by atoms with Gasteiger partial charge in [-0.3, -0.25) is 9.69 Å². The van der Waals surface area contributed by atoms with E-state index in [0.717, 1.165) is 55.9 Å². The minimum Gasteiger partial charge on any atom is -0.487 e. The monoisotopic (exact) mass is 550 g/mol. The number of ether oxygens (including phenoxy) is 2. The molecule has 1 aromatic carbocycles. The van der Waals surface area contributed by atoms with Crippen molar-refractivity contribution in [1.82, 2.24) is 9.88 Å². The minimum atomic E-state index is -4.51. The van der Waals surface area contributed by atoms with Crippen LogP contribution in [-0.4, -0.2) is 41.7 Å². The van der Waals surface area contributed by atoms with Crippen LogP contribution >= 0.6 is 11.6 Å². The van der Waals surface area contributed by atoms with Crippen molar-refractivity contribution in [2.24, 2.45) is 11.8 Å². The smallest absolute Gasteiger partial charge is 0.433 e. The van der Waals surface area contributed by atoms with Crippen LogP contribution in [0.15, 0.2) is 30.3 Å². The molecular weight excluding hydrogens is 517 g/mol. The molecule has 1 spiro atoms.